The van der Waals surface area contributed by atoms with Crippen molar-refractivity contribution in [3.05, 3.63) is 56.3 Å². The number of aromatic hydroxyl groups is 1. The van der Waals surface area contributed by atoms with Gasteiger partial charge in [-0.25, -0.2) is 17.5 Å². The van der Waals surface area contributed by atoms with Crippen LogP contribution in [0.25, 0.3) is 10.9 Å². The van der Waals surface area contributed by atoms with E-state index in [1.54, 1.807) is 7.05 Å². The van der Waals surface area contributed by atoms with E-state index >= 15 is 0 Å². The second kappa shape index (κ2) is 8.59. The molecule has 0 bridgehead atoms. The van der Waals surface area contributed by atoms with E-state index in [4.69, 9.17) is 11.6 Å². The van der Waals surface area contributed by atoms with Crippen LogP contribution in [0, 0.1) is 5.82 Å². The van der Waals surface area contributed by atoms with Gasteiger partial charge in [-0.3, -0.25) is 14.4 Å². The first-order valence-corrected chi connectivity index (χ1v) is 13.2. The van der Waals surface area contributed by atoms with Gasteiger partial charge in [0.05, 0.1) is 28.6 Å². The maximum absolute atomic E-state index is 13.6. The third kappa shape index (κ3) is 3.91. The predicted octanol–water partition coefficient (Wildman–Crippen LogP) is 0.701. The van der Waals surface area contributed by atoms with Crippen LogP contribution in [-0.4, -0.2) is 87.7 Å². The molecule has 2 aromatic heterocycles. The number of hydrogen-bond acceptors (Lipinski definition) is 7. The fourth-order valence-electron chi connectivity index (χ4n) is 4.50. The van der Waals surface area contributed by atoms with Crippen molar-refractivity contribution in [2.45, 2.75) is 13.1 Å². The maximum atomic E-state index is 13.6. The van der Waals surface area contributed by atoms with E-state index in [1.807, 2.05) is 0 Å². The van der Waals surface area contributed by atoms with E-state index in [9.17, 15) is 32.3 Å². The Labute approximate surface area is 209 Å². The number of hydrogen-bond donors (Lipinski definition) is 1. The fraction of sp³-hybridized carbons (Fsp3) is 0.364. The van der Waals surface area contributed by atoms with Crippen molar-refractivity contribution in [2.24, 2.45) is 0 Å². The second-order valence-electron chi connectivity index (χ2n) is 8.80. The third-order valence-corrected chi connectivity index (χ3v) is 8.39. The van der Waals surface area contributed by atoms with Crippen LogP contribution in [0.3, 0.4) is 0 Å². The highest BCUT2D eigenvalue weighted by atomic mass is 35.5. The number of amides is 2. The molecule has 4 heterocycles. The maximum Gasteiger partial charge on any atom is 0.280 e. The molecule has 0 spiro atoms. The number of nitrogens with zero attached hydrogens (tertiary/aromatic N) is 5. The van der Waals surface area contributed by atoms with Crippen molar-refractivity contribution in [2.75, 3.05) is 38.2 Å². The van der Waals surface area contributed by atoms with Gasteiger partial charge in [0.1, 0.15) is 11.2 Å². The highest BCUT2D eigenvalue weighted by molar-refractivity contribution is 7.91. The molecule has 14 heteroatoms. The summed E-state index contributed by atoms with van der Waals surface area (Å²) in [5.41, 5.74) is -0.651. The first-order chi connectivity index (χ1) is 17.0. The molecule has 5 rings (SSSR count). The molecule has 0 radical (unpaired) electrons. The Balaban J connectivity index is 1.71. The largest absolute Gasteiger partial charge is 0.505 e. The topological polar surface area (TPSA) is 135 Å². The minimum Gasteiger partial charge on any atom is -0.505 e. The molecule has 1 N–H and O–H groups in total. The van der Waals surface area contributed by atoms with Crippen LogP contribution in [0.15, 0.2) is 23.0 Å². The Kier molecular flexibility index (Phi) is 5.79. The second-order valence-corrected chi connectivity index (χ2v) is 11.5. The summed E-state index contributed by atoms with van der Waals surface area (Å²) in [6.45, 7) is 0.178. The summed E-state index contributed by atoms with van der Waals surface area (Å²) in [5, 5.41) is 14.9. The summed E-state index contributed by atoms with van der Waals surface area (Å²) in [4.78, 5) is 42.5. The monoisotopic (exact) mass is 537 g/mol. The molecule has 3 aromatic rings. The quantitative estimate of drug-likeness (QED) is 0.519. The highest BCUT2D eigenvalue weighted by Gasteiger charge is 2.36. The molecule has 190 valence electrons. The van der Waals surface area contributed by atoms with E-state index in [0.29, 0.717) is 5.56 Å². The molecular formula is C22H21ClFN5O6S. The van der Waals surface area contributed by atoms with Gasteiger partial charge in [0.25, 0.3) is 17.4 Å². The van der Waals surface area contributed by atoms with Gasteiger partial charge in [0.2, 0.25) is 0 Å². The van der Waals surface area contributed by atoms with Crippen molar-refractivity contribution in [1.29, 1.82) is 0 Å². The van der Waals surface area contributed by atoms with Gasteiger partial charge in [-0.2, -0.15) is 5.10 Å². The lowest BCUT2D eigenvalue weighted by Crippen LogP contribution is -2.45. The summed E-state index contributed by atoms with van der Waals surface area (Å²) in [7, 11) is -1.72. The van der Waals surface area contributed by atoms with Crippen molar-refractivity contribution in [1.82, 2.24) is 24.1 Å². The number of rotatable bonds is 3. The Bertz CT molecular complexity index is 1600. The average Bonchev–Trinajstić information content (AvgIpc) is 3.13. The van der Waals surface area contributed by atoms with Gasteiger partial charge in [-0.05, 0) is 17.7 Å². The minimum atomic E-state index is -3.27. The van der Waals surface area contributed by atoms with Crippen LogP contribution in [0.4, 0.5) is 4.39 Å². The van der Waals surface area contributed by atoms with Crippen molar-refractivity contribution >= 4 is 44.2 Å². The van der Waals surface area contributed by atoms with Crippen LogP contribution in [-0.2, 0) is 22.9 Å². The van der Waals surface area contributed by atoms with Crippen LogP contribution < -0.4 is 5.56 Å². The van der Waals surface area contributed by atoms with E-state index in [1.165, 1.54) is 26.5 Å². The molecule has 0 aliphatic carbocycles. The zero-order valence-electron chi connectivity index (χ0n) is 19.1. The van der Waals surface area contributed by atoms with Crippen LogP contribution in [0.2, 0.25) is 5.02 Å². The molecule has 0 unspecified atom stereocenters. The first-order valence-electron chi connectivity index (χ1n) is 11.0. The molecule has 1 saturated heterocycles. The molecule has 2 aliphatic heterocycles. The lowest BCUT2D eigenvalue weighted by atomic mass is 10.2. The average molecular weight is 538 g/mol. The summed E-state index contributed by atoms with van der Waals surface area (Å²) < 4.78 is 39.7. The molecule has 1 fully saturated rings. The number of benzene rings is 1. The van der Waals surface area contributed by atoms with Gasteiger partial charge < -0.3 is 19.5 Å². The Hall–Kier alpha value is -3.45. The van der Waals surface area contributed by atoms with Gasteiger partial charge in [0, 0.05) is 33.2 Å². The Morgan fingerprint density at radius 1 is 1.17 bits per heavy atom. The van der Waals surface area contributed by atoms with Crippen molar-refractivity contribution in [3.8, 4) is 5.75 Å². The molecule has 2 amide bonds. The molecule has 0 saturated carbocycles. The fourth-order valence-corrected chi connectivity index (χ4v) is 5.90. The molecule has 36 heavy (non-hydrogen) atoms. The van der Waals surface area contributed by atoms with Gasteiger partial charge in [-0.15, -0.1) is 0 Å². The van der Waals surface area contributed by atoms with E-state index in [2.05, 4.69) is 5.10 Å². The van der Waals surface area contributed by atoms with Crippen LogP contribution in [0.1, 0.15) is 26.5 Å². The molecule has 2 aliphatic rings. The highest BCUT2D eigenvalue weighted by Crippen LogP contribution is 2.34. The molecular weight excluding hydrogens is 517 g/mol. The Morgan fingerprint density at radius 2 is 1.86 bits per heavy atom. The van der Waals surface area contributed by atoms with Crippen LogP contribution >= 0.6 is 11.6 Å². The van der Waals surface area contributed by atoms with Gasteiger partial charge in [-0.1, -0.05) is 17.7 Å². The standard InChI is InChI=1S/C22H21ClFN5O6S/c1-26-4-5-28-17-15(19(30)18(28)22(26)33)20(31)29(11-12-2-3-14(24)13(23)10-12)25-16(17)21(32)27-6-8-36(34,35)9-7-27/h2-3,10,30H,4-9,11H2,1H3. The number of likely N-dealkylation sites (N-methyl/N-ethyl adjacent to an activating group) is 1. The molecule has 11 nitrogen and oxygen atoms in total. The Morgan fingerprint density at radius 3 is 2.53 bits per heavy atom. The lowest BCUT2D eigenvalue weighted by molar-refractivity contribution is 0.0738. The molecule has 1 aromatic carbocycles. The zero-order valence-corrected chi connectivity index (χ0v) is 20.6. The van der Waals surface area contributed by atoms with E-state index in [0.717, 1.165) is 10.7 Å². The number of sulfone groups is 1. The number of fused-ring (bicyclic) bond motifs is 3. The van der Waals surface area contributed by atoms with Gasteiger partial charge in [0.15, 0.2) is 27.0 Å². The predicted molar refractivity (Wildman–Crippen MR) is 128 cm³/mol. The smallest absolute Gasteiger partial charge is 0.280 e. The van der Waals surface area contributed by atoms with Gasteiger partial charge >= 0.3 is 0 Å². The summed E-state index contributed by atoms with van der Waals surface area (Å²) in [6.07, 6.45) is 0. The number of aromatic nitrogens is 3. The van der Waals surface area contributed by atoms with Crippen molar-refractivity contribution < 1.29 is 27.5 Å². The summed E-state index contributed by atoms with van der Waals surface area (Å²) in [5.74, 6) is -2.78. The summed E-state index contributed by atoms with van der Waals surface area (Å²) >= 11 is 5.87. The summed E-state index contributed by atoms with van der Waals surface area (Å²) in [6, 6.07) is 3.85. The zero-order chi connectivity index (χ0) is 25.9. The minimum absolute atomic E-state index is 0.0146. The van der Waals surface area contributed by atoms with Crippen molar-refractivity contribution in [3.63, 3.8) is 0 Å². The number of halogens is 2. The number of carbonyl (C=O) groups excluding carboxylic acids is 2. The normalized spacial score (nSPS) is 17.5. The number of carbonyl (C=O) groups is 2. The lowest BCUT2D eigenvalue weighted by Gasteiger charge is -2.28. The van der Waals surface area contributed by atoms with E-state index in [-0.39, 0.29) is 71.5 Å². The SMILES string of the molecule is CN1CCn2c(c(O)c3c(=O)n(Cc4ccc(F)c(Cl)c4)nc(C(=O)N4CCS(=O)(=O)CC4)c32)C1=O. The van der Waals surface area contributed by atoms with E-state index < -0.39 is 38.8 Å². The third-order valence-electron chi connectivity index (χ3n) is 6.49. The first kappa shape index (κ1) is 24.3. The van der Waals surface area contributed by atoms with Crippen LogP contribution in [0.5, 0.6) is 5.75 Å². The molecule has 0 atom stereocenters.